The molecule has 0 saturated carbocycles. The molecule has 5 N–H and O–H groups in total. The van der Waals surface area contributed by atoms with Crippen LogP contribution < -0.4 is 16.4 Å². The van der Waals surface area contributed by atoms with Gasteiger partial charge in [-0.3, -0.25) is 4.79 Å². The second-order valence-corrected chi connectivity index (χ2v) is 4.37. The lowest BCUT2D eigenvalue weighted by atomic mass is 10.2. The van der Waals surface area contributed by atoms with Gasteiger partial charge in [-0.2, -0.15) is 5.26 Å². The van der Waals surface area contributed by atoms with Gasteiger partial charge < -0.3 is 21.5 Å². The minimum atomic E-state index is -1.43. The van der Waals surface area contributed by atoms with E-state index in [-0.39, 0.29) is 16.3 Å². The van der Waals surface area contributed by atoms with E-state index in [0.717, 1.165) is 0 Å². The molecule has 1 rings (SSSR count). The van der Waals surface area contributed by atoms with E-state index < -0.39 is 30.4 Å². The summed E-state index contributed by atoms with van der Waals surface area (Å²) in [5.74, 6) is -2.24. The summed E-state index contributed by atoms with van der Waals surface area (Å²) in [5.41, 5.74) is 5.39. The molecular formula is C12H11ClN4O4. The number of nitrogens with zero attached hydrogens (tertiary/aromatic N) is 1. The topological polar surface area (TPSA) is 145 Å². The van der Waals surface area contributed by atoms with Crippen LogP contribution in [0.15, 0.2) is 18.2 Å². The number of nitriles is 1. The average Bonchev–Trinajstić information content (AvgIpc) is 2.37. The second-order valence-electron chi connectivity index (χ2n) is 3.97. The molecule has 0 aromatic heterocycles. The van der Waals surface area contributed by atoms with Crippen molar-refractivity contribution in [1.29, 1.82) is 5.26 Å². The molecule has 110 valence electrons. The van der Waals surface area contributed by atoms with Crippen molar-refractivity contribution in [1.82, 2.24) is 5.32 Å². The Hall–Kier alpha value is -2.79. The molecule has 0 bridgehead atoms. The van der Waals surface area contributed by atoms with Gasteiger partial charge in [-0.15, -0.1) is 0 Å². The van der Waals surface area contributed by atoms with Crippen LogP contribution in [-0.4, -0.2) is 29.1 Å². The fourth-order valence-electron chi connectivity index (χ4n) is 1.41. The van der Waals surface area contributed by atoms with Crippen molar-refractivity contribution in [2.75, 3.05) is 5.32 Å². The van der Waals surface area contributed by atoms with Gasteiger partial charge in [0.25, 0.3) is 0 Å². The number of primary amides is 1. The van der Waals surface area contributed by atoms with Gasteiger partial charge >= 0.3 is 12.0 Å². The number of rotatable bonds is 5. The SMILES string of the molecule is N#Cc1ccc(NC(=O)N[C@@H](CC(N)=O)C(=O)O)cc1Cl. The number of nitrogens with one attached hydrogen (secondary N) is 2. The van der Waals surface area contributed by atoms with Crippen molar-refractivity contribution >= 4 is 35.2 Å². The third-order valence-electron chi connectivity index (χ3n) is 2.36. The number of benzene rings is 1. The fourth-order valence-corrected chi connectivity index (χ4v) is 1.63. The van der Waals surface area contributed by atoms with Crippen molar-refractivity contribution < 1.29 is 19.5 Å². The van der Waals surface area contributed by atoms with Crippen molar-refractivity contribution in [3.63, 3.8) is 0 Å². The summed E-state index contributed by atoms with van der Waals surface area (Å²) in [6.07, 6.45) is -0.531. The molecule has 0 spiro atoms. The van der Waals surface area contributed by atoms with E-state index in [1.807, 2.05) is 6.07 Å². The number of halogens is 1. The quantitative estimate of drug-likeness (QED) is 0.631. The standard InChI is InChI=1S/C12H11ClN4O4/c13-8-3-7(2-1-6(8)5-14)16-12(21)17-9(11(19)20)4-10(15)18/h1-3,9H,4H2,(H2,15,18)(H,19,20)(H2,16,17,21)/t9-/m0/s1. The Balaban J connectivity index is 2.72. The highest BCUT2D eigenvalue weighted by atomic mass is 35.5. The van der Waals surface area contributed by atoms with Crippen LogP contribution in [0.2, 0.25) is 5.02 Å². The maximum Gasteiger partial charge on any atom is 0.326 e. The van der Waals surface area contributed by atoms with Crippen LogP contribution in [0.25, 0.3) is 0 Å². The van der Waals surface area contributed by atoms with Gasteiger partial charge in [0.2, 0.25) is 5.91 Å². The molecule has 0 aliphatic heterocycles. The monoisotopic (exact) mass is 310 g/mol. The first-order valence-corrected chi connectivity index (χ1v) is 5.99. The Kier molecular flexibility index (Phi) is 5.51. The Bertz CT molecular complexity index is 626. The number of carboxylic acids is 1. The summed E-state index contributed by atoms with van der Waals surface area (Å²) >= 11 is 5.79. The molecule has 1 atom stereocenters. The molecule has 1 aromatic carbocycles. The number of nitrogens with two attached hydrogens (primary N) is 1. The van der Waals surface area contributed by atoms with Crippen LogP contribution in [0.4, 0.5) is 10.5 Å². The van der Waals surface area contributed by atoms with Crippen molar-refractivity contribution in [3.8, 4) is 6.07 Å². The highest BCUT2D eigenvalue weighted by molar-refractivity contribution is 6.32. The van der Waals surface area contributed by atoms with Crippen molar-refractivity contribution in [2.24, 2.45) is 5.73 Å². The molecule has 8 nitrogen and oxygen atoms in total. The zero-order valence-electron chi connectivity index (χ0n) is 10.6. The first-order valence-electron chi connectivity index (χ1n) is 5.61. The smallest absolute Gasteiger partial charge is 0.326 e. The van der Waals surface area contributed by atoms with Crippen LogP contribution in [0.5, 0.6) is 0 Å². The molecule has 0 radical (unpaired) electrons. The summed E-state index contributed by atoms with van der Waals surface area (Å²) in [6, 6.07) is 3.74. The molecule has 0 unspecified atom stereocenters. The van der Waals surface area contributed by atoms with Crippen LogP contribution in [0.1, 0.15) is 12.0 Å². The fraction of sp³-hybridized carbons (Fsp3) is 0.167. The minimum absolute atomic E-state index is 0.141. The molecule has 3 amide bonds. The highest BCUT2D eigenvalue weighted by Gasteiger charge is 2.22. The number of aliphatic carboxylic acids is 1. The van der Waals surface area contributed by atoms with Crippen LogP contribution in [0.3, 0.4) is 0 Å². The molecule has 0 aliphatic carbocycles. The first-order chi connectivity index (χ1) is 9.83. The molecule has 1 aromatic rings. The number of urea groups is 1. The van der Waals surface area contributed by atoms with E-state index in [1.54, 1.807) is 0 Å². The number of hydrogen-bond acceptors (Lipinski definition) is 4. The van der Waals surface area contributed by atoms with E-state index in [4.69, 9.17) is 27.7 Å². The predicted octanol–water partition coefficient (Wildman–Crippen LogP) is 0.662. The van der Waals surface area contributed by atoms with Crippen LogP contribution in [-0.2, 0) is 9.59 Å². The number of carboxylic acid groups (broad SMARTS) is 1. The van der Waals surface area contributed by atoms with Gasteiger partial charge in [0, 0.05) is 5.69 Å². The van der Waals surface area contributed by atoms with Gasteiger partial charge in [0.1, 0.15) is 12.1 Å². The van der Waals surface area contributed by atoms with Crippen molar-refractivity contribution in [3.05, 3.63) is 28.8 Å². The molecule has 9 heteroatoms. The molecule has 21 heavy (non-hydrogen) atoms. The largest absolute Gasteiger partial charge is 0.480 e. The van der Waals surface area contributed by atoms with Crippen LogP contribution in [0, 0.1) is 11.3 Å². The number of anilines is 1. The maximum atomic E-state index is 11.6. The second kappa shape index (κ2) is 7.12. The third kappa shape index (κ3) is 5.00. The summed E-state index contributed by atoms with van der Waals surface area (Å²) in [7, 11) is 0. The van der Waals surface area contributed by atoms with E-state index in [9.17, 15) is 14.4 Å². The number of hydrogen-bond donors (Lipinski definition) is 4. The van der Waals surface area contributed by atoms with Crippen molar-refractivity contribution in [2.45, 2.75) is 12.5 Å². The van der Waals surface area contributed by atoms with E-state index in [2.05, 4.69) is 10.6 Å². The summed E-state index contributed by atoms with van der Waals surface area (Å²) in [4.78, 5) is 33.2. The average molecular weight is 311 g/mol. The molecule has 0 saturated heterocycles. The normalized spacial score (nSPS) is 11.0. The molecule has 0 aliphatic rings. The zero-order valence-corrected chi connectivity index (χ0v) is 11.3. The van der Waals surface area contributed by atoms with Gasteiger partial charge in [0.05, 0.1) is 17.0 Å². The zero-order chi connectivity index (χ0) is 16.0. The highest BCUT2D eigenvalue weighted by Crippen LogP contribution is 2.20. The first kappa shape index (κ1) is 16.3. The van der Waals surface area contributed by atoms with E-state index >= 15 is 0 Å². The lowest BCUT2D eigenvalue weighted by Gasteiger charge is -2.13. The lowest BCUT2D eigenvalue weighted by molar-refractivity contribution is -0.140. The Morgan fingerprint density at radius 1 is 1.43 bits per heavy atom. The predicted molar refractivity (Wildman–Crippen MR) is 73.6 cm³/mol. The lowest BCUT2D eigenvalue weighted by Crippen LogP contribution is -2.45. The summed E-state index contributed by atoms with van der Waals surface area (Å²) < 4.78 is 0. The summed E-state index contributed by atoms with van der Waals surface area (Å²) in [6.45, 7) is 0. The maximum absolute atomic E-state index is 11.6. The van der Waals surface area contributed by atoms with Gasteiger partial charge in [-0.05, 0) is 18.2 Å². The Labute approximate surface area is 124 Å². The Morgan fingerprint density at radius 2 is 2.10 bits per heavy atom. The van der Waals surface area contributed by atoms with Gasteiger partial charge in [0.15, 0.2) is 0 Å². The Morgan fingerprint density at radius 3 is 2.57 bits per heavy atom. The van der Waals surface area contributed by atoms with Gasteiger partial charge in [-0.1, -0.05) is 11.6 Å². The molecule has 0 heterocycles. The number of carbonyl (C=O) groups is 3. The minimum Gasteiger partial charge on any atom is -0.480 e. The number of carbonyl (C=O) groups excluding carboxylic acids is 2. The van der Waals surface area contributed by atoms with E-state index in [1.165, 1.54) is 18.2 Å². The van der Waals surface area contributed by atoms with E-state index in [0.29, 0.717) is 0 Å². The van der Waals surface area contributed by atoms with Crippen LogP contribution >= 0.6 is 11.6 Å². The molecular weight excluding hydrogens is 300 g/mol. The van der Waals surface area contributed by atoms with Gasteiger partial charge in [-0.25, -0.2) is 9.59 Å². The molecule has 0 fully saturated rings. The summed E-state index contributed by atoms with van der Waals surface area (Å²) in [5, 5.41) is 22.1. The number of amides is 3. The third-order valence-corrected chi connectivity index (χ3v) is 2.67.